The van der Waals surface area contributed by atoms with Crippen LogP contribution in [-0.2, 0) is 11.0 Å². The number of nitrogens with zero attached hydrogens (tertiary/aromatic N) is 3. The number of Topliss-reactive ketones (excluding diaryl/α,β-unsaturated/α-hetero) is 1. The van der Waals surface area contributed by atoms with Gasteiger partial charge in [-0.3, -0.25) is 9.20 Å². The van der Waals surface area contributed by atoms with Crippen molar-refractivity contribution >= 4 is 34.8 Å². The van der Waals surface area contributed by atoms with Gasteiger partial charge < -0.3 is 0 Å². The van der Waals surface area contributed by atoms with Gasteiger partial charge in [-0.05, 0) is 19.9 Å². The number of fused-ring (bicyclic) bond motifs is 1. The summed E-state index contributed by atoms with van der Waals surface area (Å²) in [5.74, 6) is -0.107. The molecule has 0 saturated heterocycles. The van der Waals surface area contributed by atoms with Gasteiger partial charge in [0.25, 0.3) is 0 Å². The Hall–Kier alpha value is -1.28. The summed E-state index contributed by atoms with van der Waals surface area (Å²) in [6.07, 6.45) is -3.65. The van der Waals surface area contributed by atoms with Gasteiger partial charge in [-0.25, -0.2) is 0 Å². The number of thioether (sulfide) groups is 1. The fourth-order valence-electron chi connectivity index (χ4n) is 1.41. The van der Waals surface area contributed by atoms with Crippen LogP contribution in [0.1, 0.15) is 19.4 Å². The lowest BCUT2D eigenvalue weighted by atomic mass is 10.3. The van der Waals surface area contributed by atoms with Crippen LogP contribution >= 0.6 is 23.4 Å². The Bertz CT molecular complexity index is 671. The molecule has 1 unspecified atom stereocenters. The quantitative estimate of drug-likeness (QED) is 0.811. The molecule has 2 aromatic rings. The minimum Gasteiger partial charge on any atom is -0.299 e. The van der Waals surface area contributed by atoms with Gasteiger partial charge in [-0.15, -0.1) is 10.2 Å². The van der Waals surface area contributed by atoms with Crippen LogP contribution in [0.15, 0.2) is 17.4 Å². The van der Waals surface area contributed by atoms with Gasteiger partial charge in [0.2, 0.25) is 0 Å². The van der Waals surface area contributed by atoms with Gasteiger partial charge in [0.05, 0.1) is 15.8 Å². The van der Waals surface area contributed by atoms with Crippen molar-refractivity contribution in [1.82, 2.24) is 14.6 Å². The summed E-state index contributed by atoms with van der Waals surface area (Å²) in [6.45, 7) is 3.04. The first-order valence-electron chi connectivity index (χ1n) is 5.48. The fraction of sp³-hybridized carbons (Fsp3) is 0.364. The normalized spacial score (nSPS) is 13.7. The molecule has 0 fully saturated rings. The van der Waals surface area contributed by atoms with E-state index in [0.29, 0.717) is 0 Å². The van der Waals surface area contributed by atoms with Crippen molar-refractivity contribution in [2.24, 2.45) is 0 Å². The lowest BCUT2D eigenvalue weighted by molar-refractivity contribution is -0.137. The average molecular weight is 324 g/mol. The molecular formula is C11H9ClF3N3OS. The van der Waals surface area contributed by atoms with E-state index in [-0.39, 0.29) is 21.6 Å². The molecule has 2 aromatic heterocycles. The Morgan fingerprint density at radius 1 is 1.45 bits per heavy atom. The smallest absolute Gasteiger partial charge is 0.299 e. The molecule has 2 rings (SSSR count). The van der Waals surface area contributed by atoms with E-state index in [0.717, 1.165) is 28.4 Å². The molecule has 2 heterocycles. The standard InChI is InChI=1S/C11H9ClF3N3OS/c1-5(19)6(2)20-10-17-16-9-8(12)3-7(4-18(9)10)11(13,14)15/h3-4,6H,1-2H3. The van der Waals surface area contributed by atoms with E-state index >= 15 is 0 Å². The minimum atomic E-state index is -4.52. The number of aromatic nitrogens is 3. The van der Waals surface area contributed by atoms with Gasteiger partial charge in [0.15, 0.2) is 10.8 Å². The lowest BCUT2D eigenvalue weighted by Gasteiger charge is -2.09. The maximum absolute atomic E-state index is 12.8. The van der Waals surface area contributed by atoms with E-state index in [2.05, 4.69) is 10.2 Å². The van der Waals surface area contributed by atoms with Crippen LogP contribution in [-0.4, -0.2) is 25.6 Å². The minimum absolute atomic E-state index is 0.107. The van der Waals surface area contributed by atoms with Crippen LogP contribution in [0.25, 0.3) is 5.65 Å². The second kappa shape index (κ2) is 5.25. The highest BCUT2D eigenvalue weighted by atomic mass is 35.5. The maximum atomic E-state index is 12.8. The highest BCUT2D eigenvalue weighted by Gasteiger charge is 2.32. The van der Waals surface area contributed by atoms with E-state index in [9.17, 15) is 18.0 Å². The molecular weight excluding hydrogens is 315 g/mol. The molecule has 0 aliphatic rings. The Morgan fingerprint density at radius 3 is 2.65 bits per heavy atom. The summed E-state index contributed by atoms with van der Waals surface area (Å²) in [6, 6.07) is 0.800. The summed E-state index contributed by atoms with van der Waals surface area (Å²) in [5, 5.41) is 7.12. The van der Waals surface area contributed by atoms with Crippen LogP contribution in [0.5, 0.6) is 0 Å². The van der Waals surface area contributed by atoms with Crippen molar-refractivity contribution in [3.05, 3.63) is 22.8 Å². The van der Waals surface area contributed by atoms with E-state index < -0.39 is 17.0 Å². The van der Waals surface area contributed by atoms with Crippen LogP contribution in [0.3, 0.4) is 0 Å². The lowest BCUT2D eigenvalue weighted by Crippen LogP contribution is -2.10. The summed E-state index contributed by atoms with van der Waals surface area (Å²) >= 11 is 6.81. The third-order valence-electron chi connectivity index (χ3n) is 2.61. The Morgan fingerprint density at radius 2 is 2.10 bits per heavy atom. The van der Waals surface area contributed by atoms with E-state index in [4.69, 9.17) is 11.6 Å². The zero-order valence-corrected chi connectivity index (χ0v) is 12.0. The van der Waals surface area contributed by atoms with Crippen molar-refractivity contribution in [3.63, 3.8) is 0 Å². The Balaban J connectivity index is 2.53. The molecule has 0 aliphatic carbocycles. The van der Waals surface area contributed by atoms with Crippen LogP contribution in [0.2, 0.25) is 5.02 Å². The van der Waals surface area contributed by atoms with E-state index in [1.54, 1.807) is 6.92 Å². The number of halogens is 4. The highest BCUT2D eigenvalue weighted by Crippen LogP contribution is 2.33. The number of alkyl halides is 3. The molecule has 0 amide bonds. The number of rotatable bonds is 3. The molecule has 0 radical (unpaired) electrons. The molecule has 1 atom stereocenters. The van der Waals surface area contributed by atoms with Gasteiger partial charge in [-0.2, -0.15) is 13.2 Å². The number of carbonyl (C=O) groups excluding carboxylic acids is 1. The van der Waals surface area contributed by atoms with Crippen molar-refractivity contribution in [1.29, 1.82) is 0 Å². The zero-order valence-electron chi connectivity index (χ0n) is 10.4. The molecule has 0 N–H and O–H groups in total. The van der Waals surface area contributed by atoms with Gasteiger partial charge >= 0.3 is 6.18 Å². The van der Waals surface area contributed by atoms with Crippen LogP contribution < -0.4 is 0 Å². The predicted octanol–water partition coefficient (Wildman–Crippen LogP) is 3.47. The largest absolute Gasteiger partial charge is 0.417 e. The molecule has 0 bridgehead atoms. The molecule has 0 saturated carbocycles. The molecule has 20 heavy (non-hydrogen) atoms. The van der Waals surface area contributed by atoms with Gasteiger partial charge in [-0.1, -0.05) is 23.4 Å². The number of ketones is 1. The topological polar surface area (TPSA) is 47.3 Å². The monoisotopic (exact) mass is 323 g/mol. The Kier molecular flexibility index (Phi) is 3.97. The first-order valence-corrected chi connectivity index (χ1v) is 6.74. The molecule has 4 nitrogen and oxygen atoms in total. The van der Waals surface area contributed by atoms with Crippen molar-refractivity contribution in [2.75, 3.05) is 0 Å². The molecule has 0 spiro atoms. The fourth-order valence-corrected chi connectivity index (χ4v) is 2.48. The first kappa shape index (κ1) is 15.1. The number of carbonyl (C=O) groups is 1. The molecule has 108 valence electrons. The Labute approximate surface area is 121 Å². The van der Waals surface area contributed by atoms with Crippen LogP contribution in [0.4, 0.5) is 13.2 Å². The summed E-state index contributed by atoms with van der Waals surface area (Å²) in [5.41, 5.74) is -0.773. The predicted molar refractivity (Wildman–Crippen MR) is 69.0 cm³/mol. The SMILES string of the molecule is CC(=O)C(C)Sc1nnc2c(Cl)cc(C(F)(F)F)cn12. The second-order valence-corrected chi connectivity index (χ2v) is 5.84. The zero-order chi connectivity index (χ0) is 15.1. The third kappa shape index (κ3) is 2.90. The molecule has 0 aromatic carbocycles. The number of pyridine rings is 1. The highest BCUT2D eigenvalue weighted by molar-refractivity contribution is 8.00. The number of hydrogen-bond donors (Lipinski definition) is 0. The first-order chi connectivity index (χ1) is 9.20. The van der Waals surface area contributed by atoms with Crippen molar-refractivity contribution in [2.45, 2.75) is 30.4 Å². The van der Waals surface area contributed by atoms with Crippen molar-refractivity contribution < 1.29 is 18.0 Å². The third-order valence-corrected chi connectivity index (χ3v) is 4.06. The van der Waals surface area contributed by atoms with Crippen molar-refractivity contribution in [3.8, 4) is 0 Å². The summed E-state index contributed by atoms with van der Waals surface area (Å²) in [4.78, 5) is 11.2. The summed E-state index contributed by atoms with van der Waals surface area (Å²) in [7, 11) is 0. The molecule has 9 heteroatoms. The van der Waals surface area contributed by atoms with Gasteiger partial charge in [0.1, 0.15) is 5.78 Å². The number of hydrogen-bond acceptors (Lipinski definition) is 4. The van der Waals surface area contributed by atoms with Crippen LogP contribution in [0, 0.1) is 0 Å². The van der Waals surface area contributed by atoms with E-state index in [1.165, 1.54) is 6.92 Å². The van der Waals surface area contributed by atoms with Gasteiger partial charge in [0, 0.05) is 6.20 Å². The maximum Gasteiger partial charge on any atom is 0.417 e. The second-order valence-electron chi connectivity index (χ2n) is 4.12. The summed E-state index contributed by atoms with van der Waals surface area (Å²) < 4.78 is 39.4. The van der Waals surface area contributed by atoms with E-state index in [1.807, 2.05) is 0 Å². The molecule has 0 aliphatic heterocycles. The average Bonchev–Trinajstić information content (AvgIpc) is 2.71.